The van der Waals surface area contributed by atoms with E-state index in [2.05, 4.69) is 15.3 Å². The van der Waals surface area contributed by atoms with Crippen molar-refractivity contribution in [1.82, 2.24) is 14.5 Å². The van der Waals surface area contributed by atoms with E-state index in [1.165, 1.54) is 32.0 Å². The summed E-state index contributed by atoms with van der Waals surface area (Å²) >= 11 is 7.46. The van der Waals surface area contributed by atoms with Crippen molar-refractivity contribution in [1.29, 1.82) is 0 Å². The van der Waals surface area contributed by atoms with E-state index in [0.29, 0.717) is 44.0 Å². The molecule has 0 saturated carbocycles. The highest BCUT2D eigenvalue weighted by atomic mass is 35.5. The molecule has 0 radical (unpaired) electrons. The van der Waals surface area contributed by atoms with Gasteiger partial charge in [-0.1, -0.05) is 29.4 Å². The normalized spacial score (nSPS) is 10.9. The number of imidazole rings is 1. The van der Waals surface area contributed by atoms with Crippen molar-refractivity contribution in [2.24, 2.45) is 0 Å². The van der Waals surface area contributed by atoms with Gasteiger partial charge in [0.05, 0.1) is 31.4 Å². The molecule has 33 heavy (non-hydrogen) atoms. The molecule has 0 aliphatic rings. The van der Waals surface area contributed by atoms with Crippen LogP contribution in [0, 0.1) is 5.82 Å². The van der Waals surface area contributed by atoms with Gasteiger partial charge in [0, 0.05) is 46.4 Å². The number of amides is 1. The molecule has 170 valence electrons. The molecule has 0 saturated heterocycles. The number of anilines is 1. The molecular weight excluding hydrogens is 467 g/mol. The van der Waals surface area contributed by atoms with Crippen LogP contribution < -0.4 is 14.8 Å². The lowest BCUT2D eigenvalue weighted by Crippen LogP contribution is -2.19. The summed E-state index contributed by atoms with van der Waals surface area (Å²) in [6.45, 7) is -0.0188. The van der Waals surface area contributed by atoms with Gasteiger partial charge in [-0.2, -0.15) is 0 Å². The molecule has 0 fully saturated rings. The van der Waals surface area contributed by atoms with Crippen LogP contribution in [0.25, 0.3) is 11.0 Å². The molecule has 10 heteroatoms. The molecule has 0 aliphatic carbocycles. The average molecular weight is 487 g/mol. The third-order valence-corrected chi connectivity index (χ3v) is 6.22. The zero-order chi connectivity index (χ0) is 23.4. The van der Waals surface area contributed by atoms with E-state index in [4.69, 9.17) is 21.1 Å². The first kappa shape index (κ1) is 22.9. The monoisotopic (exact) mass is 486 g/mol. The summed E-state index contributed by atoms with van der Waals surface area (Å²) in [4.78, 5) is 21.7. The summed E-state index contributed by atoms with van der Waals surface area (Å²) in [5, 5.41) is 3.75. The Labute approximate surface area is 198 Å². The topological polar surface area (TPSA) is 78.3 Å². The minimum atomic E-state index is -0.385. The van der Waals surface area contributed by atoms with E-state index < -0.39 is 0 Å². The highest BCUT2D eigenvalue weighted by Crippen LogP contribution is 2.31. The van der Waals surface area contributed by atoms with Crippen molar-refractivity contribution >= 4 is 46.0 Å². The fraction of sp³-hybridized carbons (Fsp3) is 0.174. The van der Waals surface area contributed by atoms with E-state index in [9.17, 15) is 9.18 Å². The molecule has 2 aromatic heterocycles. The van der Waals surface area contributed by atoms with Crippen LogP contribution in [0.3, 0.4) is 0 Å². The van der Waals surface area contributed by atoms with Gasteiger partial charge in [0.15, 0.2) is 5.16 Å². The summed E-state index contributed by atoms with van der Waals surface area (Å²) in [7, 11) is 3.08. The predicted molar refractivity (Wildman–Crippen MR) is 127 cm³/mol. The van der Waals surface area contributed by atoms with Gasteiger partial charge in [0.2, 0.25) is 5.91 Å². The van der Waals surface area contributed by atoms with E-state index in [-0.39, 0.29) is 24.0 Å². The van der Waals surface area contributed by atoms with Crippen LogP contribution in [-0.2, 0) is 17.1 Å². The van der Waals surface area contributed by atoms with Gasteiger partial charge < -0.3 is 19.4 Å². The lowest BCUT2D eigenvalue weighted by Gasteiger charge is -2.12. The van der Waals surface area contributed by atoms with Gasteiger partial charge in [0.1, 0.15) is 23.9 Å². The number of nitrogens with zero attached hydrogens (tertiary/aromatic N) is 3. The maximum atomic E-state index is 14.2. The second-order valence-corrected chi connectivity index (χ2v) is 8.33. The fourth-order valence-electron chi connectivity index (χ4n) is 3.24. The largest absolute Gasteiger partial charge is 0.497 e. The van der Waals surface area contributed by atoms with Crippen molar-refractivity contribution in [2.45, 2.75) is 17.5 Å². The molecule has 0 atom stereocenters. The molecule has 7 nitrogen and oxygen atoms in total. The highest BCUT2D eigenvalue weighted by molar-refractivity contribution is 7.98. The number of hydrogen-bond acceptors (Lipinski definition) is 6. The number of thioether (sulfide) groups is 1. The number of benzene rings is 2. The van der Waals surface area contributed by atoms with Crippen LogP contribution in [0.5, 0.6) is 11.5 Å². The van der Waals surface area contributed by atoms with Gasteiger partial charge in [0.25, 0.3) is 0 Å². The van der Waals surface area contributed by atoms with Crippen molar-refractivity contribution < 1.29 is 18.7 Å². The second kappa shape index (κ2) is 10.1. The lowest BCUT2D eigenvalue weighted by molar-refractivity contribution is -0.116. The summed E-state index contributed by atoms with van der Waals surface area (Å²) in [5.74, 6) is 0.708. The number of rotatable bonds is 8. The molecule has 0 aliphatic heterocycles. The third kappa shape index (κ3) is 5.20. The van der Waals surface area contributed by atoms with Gasteiger partial charge in [-0.25, -0.2) is 9.37 Å². The smallest absolute Gasteiger partial charge is 0.244 e. The number of ether oxygens (including phenoxy) is 2. The number of nitrogens with one attached hydrogen (secondary N) is 1. The SMILES string of the molecule is COc1cc(NC(=O)Cn2c(SCc3c(F)cccc3Cl)nc3ccncc32)cc(OC)c1. The first-order valence-electron chi connectivity index (χ1n) is 9.87. The number of pyridine rings is 1. The molecule has 4 rings (SSSR count). The highest BCUT2D eigenvalue weighted by Gasteiger charge is 2.17. The summed E-state index contributed by atoms with van der Waals surface area (Å²) in [5.41, 5.74) is 2.29. The fourth-order valence-corrected chi connectivity index (χ4v) is 4.60. The van der Waals surface area contributed by atoms with Crippen molar-refractivity contribution in [3.63, 3.8) is 0 Å². The molecular formula is C23H20ClFN4O3S. The van der Waals surface area contributed by atoms with Crippen LogP contribution in [0.15, 0.2) is 60.0 Å². The van der Waals surface area contributed by atoms with Gasteiger partial charge in [-0.3, -0.25) is 9.78 Å². The minimum absolute atomic E-state index is 0.0188. The van der Waals surface area contributed by atoms with Crippen molar-refractivity contribution in [3.05, 3.63) is 71.3 Å². The van der Waals surface area contributed by atoms with Gasteiger partial charge >= 0.3 is 0 Å². The van der Waals surface area contributed by atoms with Crippen LogP contribution in [0.4, 0.5) is 10.1 Å². The molecule has 0 bridgehead atoms. The maximum Gasteiger partial charge on any atom is 0.244 e. The molecule has 0 spiro atoms. The van der Waals surface area contributed by atoms with Gasteiger partial charge in [-0.15, -0.1) is 0 Å². The number of methoxy groups -OCH3 is 2. The van der Waals surface area contributed by atoms with E-state index in [0.717, 1.165) is 0 Å². The predicted octanol–water partition coefficient (Wildman–Crippen LogP) is 5.17. The number of hydrogen-bond donors (Lipinski definition) is 1. The molecule has 0 unspecified atom stereocenters. The quantitative estimate of drug-likeness (QED) is 0.346. The Morgan fingerprint density at radius 2 is 1.94 bits per heavy atom. The Morgan fingerprint density at radius 1 is 1.18 bits per heavy atom. The zero-order valence-electron chi connectivity index (χ0n) is 17.8. The minimum Gasteiger partial charge on any atom is -0.497 e. The second-order valence-electron chi connectivity index (χ2n) is 6.98. The van der Waals surface area contributed by atoms with Crippen molar-refractivity contribution in [2.75, 3.05) is 19.5 Å². The first-order chi connectivity index (χ1) is 16.0. The molecule has 2 aromatic carbocycles. The first-order valence-corrected chi connectivity index (χ1v) is 11.2. The number of carbonyl (C=O) groups is 1. The summed E-state index contributed by atoms with van der Waals surface area (Å²) < 4.78 is 26.5. The Bertz CT molecular complexity index is 1270. The van der Waals surface area contributed by atoms with Gasteiger partial charge in [-0.05, 0) is 18.2 Å². The molecule has 4 aromatic rings. The van der Waals surface area contributed by atoms with Crippen LogP contribution in [0.1, 0.15) is 5.56 Å². The Morgan fingerprint density at radius 3 is 2.64 bits per heavy atom. The number of carbonyl (C=O) groups excluding carboxylic acids is 1. The average Bonchev–Trinajstić information content (AvgIpc) is 3.15. The maximum absolute atomic E-state index is 14.2. The molecule has 1 amide bonds. The Balaban J connectivity index is 1.59. The third-order valence-electron chi connectivity index (χ3n) is 4.86. The lowest BCUT2D eigenvalue weighted by atomic mass is 10.2. The van der Waals surface area contributed by atoms with Crippen molar-refractivity contribution in [3.8, 4) is 11.5 Å². The summed E-state index contributed by atoms with van der Waals surface area (Å²) in [6.07, 6.45) is 3.27. The standard InChI is InChI=1S/C23H20ClFN4O3S/c1-31-15-8-14(9-16(10-15)32-2)27-22(30)12-29-21-11-26-7-6-20(21)28-23(29)33-13-17-18(24)4-3-5-19(17)25/h3-11H,12-13H2,1-2H3,(H,27,30). The van der Waals surface area contributed by atoms with E-state index >= 15 is 0 Å². The Kier molecular flexibility index (Phi) is 7.00. The number of aromatic nitrogens is 3. The van der Waals surface area contributed by atoms with Crippen LogP contribution in [-0.4, -0.2) is 34.7 Å². The van der Waals surface area contributed by atoms with Crippen LogP contribution >= 0.6 is 23.4 Å². The number of fused-ring (bicyclic) bond motifs is 1. The van der Waals surface area contributed by atoms with E-state index in [1.54, 1.807) is 53.4 Å². The Hall–Kier alpha value is -3.30. The molecule has 1 N–H and O–H groups in total. The van der Waals surface area contributed by atoms with E-state index in [1.807, 2.05) is 0 Å². The van der Waals surface area contributed by atoms with Crippen LogP contribution in [0.2, 0.25) is 5.02 Å². The summed E-state index contributed by atoms with van der Waals surface area (Å²) in [6, 6.07) is 11.4. The zero-order valence-corrected chi connectivity index (χ0v) is 19.4. The number of halogens is 2. The molecule has 2 heterocycles.